The van der Waals surface area contributed by atoms with Gasteiger partial charge in [0.15, 0.2) is 0 Å². The van der Waals surface area contributed by atoms with Gasteiger partial charge in [-0.15, -0.1) is 0 Å². The zero-order valence-electron chi connectivity index (χ0n) is 18.0. The maximum Gasteiger partial charge on any atom is 0.343 e. The lowest BCUT2D eigenvalue weighted by atomic mass is 10.2. The number of rotatable bonds is 11. The Bertz CT molecular complexity index is 839. The van der Waals surface area contributed by atoms with Crippen LogP contribution >= 0.6 is 0 Å². The van der Waals surface area contributed by atoms with E-state index in [0.29, 0.717) is 24.3 Å². The fourth-order valence-corrected chi connectivity index (χ4v) is 3.29. The molecule has 2 aromatic rings. The zero-order valence-corrected chi connectivity index (χ0v) is 18.0. The summed E-state index contributed by atoms with van der Waals surface area (Å²) in [6.45, 7) is 3.78. The molecule has 1 fully saturated rings. The number of ether oxygens (including phenoxy) is 4. The summed E-state index contributed by atoms with van der Waals surface area (Å²) in [5.41, 5.74) is 0.736. The predicted octanol–water partition coefficient (Wildman–Crippen LogP) is 5.20. The summed E-state index contributed by atoms with van der Waals surface area (Å²) >= 11 is 0. The molecule has 1 unspecified atom stereocenters. The van der Waals surface area contributed by atoms with Crippen LogP contribution in [0.3, 0.4) is 0 Å². The van der Waals surface area contributed by atoms with Crippen molar-refractivity contribution in [1.29, 1.82) is 0 Å². The Labute approximate surface area is 183 Å². The van der Waals surface area contributed by atoms with E-state index < -0.39 is 11.9 Å². The molecule has 1 aliphatic rings. The third-order valence-corrected chi connectivity index (χ3v) is 5.06. The molecule has 31 heavy (non-hydrogen) atoms. The van der Waals surface area contributed by atoms with Crippen LogP contribution in [0.1, 0.15) is 66.2 Å². The van der Waals surface area contributed by atoms with Crippen molar-refractivity contribution in [2.24, 2.45) is 0 Å². The van der Waals surface area contributed by atoms with Crippen molar-refractivity contribution in [3.63, 3.8) is 0 Å². The fraction of sp³-hybridized carbons (Fsp3) is 0.440. The van der Waals surface area contributed by atoms with Crippen molar-refractivity contribution in [2.45, 2.75) is 51.6 Å². The molecule has 1 saturated heterocycles. The largest absolute Gasteiger partial charge is 0.494 e. The molecule has 0 N–H and O–H groups in total. The van der Waals surface area contributed by atoms with E-state index in [1.165, 1.54) is 18.9 Å². The molecular formula is C25H30O6. The first kappa shape index (κ1) is 22.8. The lowest BCUT2D eigenvalue weighted by Gasteiger charge is -2.11. The first-order valence-corrected chi connectivity index (χ1v) is 11.0. The lowest BCUT2D eigenvalue weighted by molar-refractivity contribution is 0.0161. The lowest BCUT2D eigenvalue weighted by Crippen LogP contribution is -2.18. The molecule has 6 nitrogen and oxygen atoms in total. The van der Waals surface area contributed by atoms with Gasteiger partial charge in [0.2, 0.25) is 0 Å². The molecule has 1 atom stereocenters. The van der Waals surface area contributed by atoms with Crippen LogP contribution in [-0.2, 0) is 9.47 Å². The van der Waals surface area contributed by atoms with Crippen LogP contribution in [0, 0.1) is 0 Å². The van der Waals surface area contributed by atoms with Crippen molar-refractivity contribution in [2.75, 3.05) is 19.8 Å². The Hall–Kier alpha value is -2.86. The molecule has 0 spiro atoms. The standard InChI is InChI=1S/C25H30O6/c1-2-3-4-5-15-28-21-13-11-19(12-14-21)25(27)31-22-9-6-8-20(17-22)24(26)30-18-23-10-7-16-29-23/h6,8-9,11-14,17,23H,2-5,7,10,15-16,18H2,1H3. The van der Waals surface area contributed by atoms with Gasteiger partial charge in [0, 0.05) is 6.61 Å². The fourth-order valence-electron chi connectivity index (χ4n) is 3.29. The summed E-state index contributed by atoms with van der Waals surface area (Å²) in [4.78, 5) is 24.7. The third kappa shape index (κ3) is 7.40. The minimum Gasteiger partial charge on any atom is -0.494 e. The van der Waals surface area contributed by atoms with Crippen LogP contribution in [0.4, 0.5) is 0 Å². The van der Waals surface area contributed by atoms with Crippen molar-refractivity contribution in [1.82, 2.24) is 0 Å². The van der Waals surface area contributed by atoms with Crippen molar-refractivity contribution in [3.05, 3.63) is 59.7 Å². The molecule has 0 aromatic heterocycles. The minimum atomic E-state index is -0.501. The van der Waals surface area contributed by atoms with Gasteiger partial charge in [-0.3, -0.25) is 0 Å². The van der Waals surface area contributed by atoms with Crippen molar-refractivity contribution in [3.8, 4) is 11.5 Å². The number of hydrogen-bond acceptors (Lipinski definition) is 6. The highest BCUT2D eigenvalue weighted by Crippen LogP contribution is 2.19. The topological polar surface area (TPSA) is 71.1 Å². The maximum absolute atomic E-state index is 12.4. The van der Waals surface area contributed by atoms with E-state index in [-0.39, 0.29) is 18.5 Å². The zero-order chi connectivity index (χ0) is 21.9. The molecule has 3 rings (SSSR count). The van der Waals surface area contributed by atoms with Gasteiger partial charge >= 0.3 is 11.9 Å². The minimum absolute atomic E-state index is 0.0340. The van der Waals surface area contributed by atoms with Crippen LogP contribution < -0.4 is 9.47 Å². The number of carbonyl (C=O) groups is 2. The Morgan fingerprint density at radius 1 is 0.968 bits per heavy atom. The maximum atomic E-state index is 12.4. The number of carbonyl (C=O) groups excluding carboxylic acids is 2. The summed E-state index contributed by atoms with van der Waals surface area (Å²) in [5.74, 6) is 0.0463. The summed E-state index contributed by atoms with van der Waals surface area (Å²) < 4.78 is 21.9. The summed E-state index contributed by atoms with van der Waals surface area (Å²) in [6.07, 6.45) is 6.42. The number of esters is 2. The summed E-state index contributed by atoms with van der Waals surface area (Å²) in [6, 6.07) is 13.3. The van der Waals surface area contributed by atoms with E-state index in [2.05, 4.69) is 6.92 Å². The normalized spacial score (nSPS) is 15.5. The Morgan fingerprint density at radius 2 is 1.81 bits per heavy atom. The molecular weight excluding hydrogens is 396 g/mol. The van der Waals surface area contributed by atoms with E-state index in [1.807, 2.05) is 0 Å². The monoisotopic (exact) mass is 426 g/mol. The third-order valence-electron chi connectivity index (χ3n) is 5.06. The summed E-state index contributed by atoms with van der Waals surface area (Å²) in [5, 5.41) is 0. The molecule has 0 amide bonds. The highest BCUT2D eigenvalue weighted by Gasteiger charge is 2.18. The highest BCUT2D eigenvalue weighted by molar-refractivity contribution is 5.92. The first-order chi connectivity index (χ1) is 15.2. The van der Waals surface area contributed by atoms with Crippen molar-refractivity contribution < 1.29 is 28.5 Å². The van der Waals surface area contributed by atoms with Gasteiger partial charge in [-0.05, 0) is 61.7 Å². The smallest absolute Gasteiger partial charge is 0.343 e. The van der Waals surface area contributed by atoms with E-state index in [0.717, 1.165) is 31.4 Å². The number of benzene rings is 2. The average Bonchev–Trinajstić information content (AvgIpc) is 3.31. The van der Waals surface area contributed by atoms with E-state index >= 15 is 0 Å². The van der Waals surface area contributed by atoms with Crippen LogP contribution in [0.25, 0.3) is 0 Å². The van der Waals surface area contributed by atoms with E-state index in [1.54, 1.807) is 42.5 Å². The Morgan fingerprint density at radius 3 is 2.55 bits per heavy atom. The predicted molar refractivity (Wildman–Crippen MR) is 117 cm³/mol. The van der Waals surface area contributed by atoms with E-state index in [4.69, 9.17) is 18.9 Å². The summed E-state index contributed by atoms with van der Waals surface area (Å²) in [7, 11) is 0. The van der Waals surface area contributed by atoms with Gasteiger partial charge in [0.25, 0.3) is 0 Å². The van der Waals surface area contributed by atoms with Gasteiger partial charge in [0.05, 0.1) is 23.8 Å². The van der Waals surface area contributed by atoms with Crippen LogP contribution in [-0.4, -0.2) is 37.9 Å². The van der Waals surface area contributed by atoms with Crippen LogP contribution in [0.2, 0.25) is 0 Å². The molecule has 1 heterocycles. The van der Waals surface area contributed by atoms with Gasteiger partial charge in [-0.25, -0.2) is 9.59 Å². The quantitative estimate of drug-likeness (QED) is 0.279. The van der Waals surface area contributed by atoms with Gasteiger partial charge in [-0.1, -0.05) is 32.3 Å². The second kappa shape index (κ2) is 12.1. The number of hydrogen-bond donors (Lipinski definition) is 0. The molecule has 1 aliphatic heterocycles. The molecule has 166 valence electrons. The highest BCUT2D eigenvalue weighted by atomic mass is 16.6. The molecule has 0 radical (unpaired) electrons. The van der Waals surface area contributed by atoms with Gasteiger partial charge in [-0.2, -0.15) is 0 Å². The molecule has 0 saturated carbocycles. The Kier molecular flexibility index (Phi) is 8.91. The van der Waals surface area contributed by atoms with Crippen LogP contribution in [0.15, 0.2) is 48.5 Å². The van der Waals surface area contributed by atoms with E-state index in [9.17, 15) is 9.59 Å². The second-order valence-corrected chi connectivity index (χ2v) is 7.58. The molecule has 0 bridgehead atoms. The van der Waals surface area contributed by atoms with Gasteiger partial charge in [0.1, 0.15) is 18.1 Å². The van der Waals surface area contributed by atoms with Crippen LogP contribution in [0.5, 0.6) is 11.5 Å². The number of unbranched alkanes of at least 4 members (excludes halogenated alkanes) is 3. The Balaban J connectivity index is 1.49. The first-order valence-electron chi connectivity index (χ1n) is 11.0. The SMILES string of the molecule is CCCCCCOc1ccc(C(=O)Oc2cccc(C(=O)OCC3CCCO3)c2)cc1. The second-order valence-electron chi connectivity index (χ2n) is 7.58. The van der Waals surface area contributed by atoms with Gasteiger partial charge < -0.3 is 18.9 Å². The molecule has 0 aliphatic carbocycles. The molecule has 2 aromatic carbocycles. The molecule has 6 heteroatoms. The van der Waals surface area contributed by atoms with Crippen molar-refractivity contribution >= 4 is 11.9 Å². The average molecular weight is 427 g/mol.